The van der Waals surface area contributed by atoms with Crippen LogP contribution in [0.15, 0.2) is 6.33 Å². The molecule has 0 saturated carbocycles. The summed E-state index contributed by atoms with van der Waals surface area (Å²) in [6, 6.07) is 0. The lowest BCUT2D eigenvalue weighted by molar-refractivity contribution is 0.260. The predicted molar refractivity (Wildman–Crippen MR) is 63.0 cm³/mol. The number of halogens is 1. The molecule has 0 amide bonds. The molecule has 90 valence electrons. The molecule has 1 rings (SSSR count). The first-order valence-electron chi connectivity index (χ1n) is 4.93. The quantitative estimate of drug-likeness (QED) is 0.773. The van der Waals surface area contributed by atoms with Crippen molar-refractivity contribution in [1.82, 2.24) is 9.97 Å². The number of methoxy groups -OCH3 is 1. The van der Waals surface area contributed by atoms with E-state index in [0.29, 0.717) is 18.0 Å². The molecule has 0 aliphatic carbocycles. The molecule has 0 saturated heterocycles. The summed E-state index contributed by atoms with van der Waals surface area (Å²) in [5.74, 6) is 0.941. The van der Waals surface area contributed by atoms with Crippen LogP contribution in [0.1, 0.15) is 20.3 Å². The third-order valence-electron chi connectivity index (χ3n) is 2.16. The summed E-state index contributed by atoms with van der Waals surface area (Å²) >= 11 is 5.87. The lowest BCUT2D eigenvalue weighted by atomic mass is 10.0. The highest BCUT2D eigenvalue weighted by atomic mass is 35.5. The van der Waals surface area contributed by atoms with Crippen LogP contribution < -0.4 is 10.1 Å². The SMILES string of the molecule is COc1c(Cl)ncnc1NC(C)(C)CCO. The molecule has 0 atom stereocenters. The molecule has 16 heavy (non-hydrogen) atoms. The number of nitrogens with zero attached hydrogens (tertiary/aromatic N) is 2. The van der Waals surface area contributed by atoms with Crippen LogP contribution in [0.5, 0.6) is 5.75 Å². The van der Waals surface area contributed by atoms with Crippen molar-refractivity contribution in [3.05, 3.63) is 11.5 Å². The molecular formula is C10H16ClN3O2. The van der Waals surface area contributed by atoms with E-state index < -0.39 is 0 Å². The number of aromatic nitrogens is 2. The average molecular weight is 246 g/mol. The van der Waals surface area contributed by atoms with E-state index in [4.69, 9.17) is 21.4 Å². The van der Waals surface area contributed by atoms with Crippen molar-refractivity contribution >= 4 is 17.4 Å². The number of aliphatic hydroxyl groups is 1. The first-order chi connectivity index (χ1) is 7.50. The molecule has 2 N–H and O–H groups in total. The molecular weight excluding hydrogens is 230 g/mol. The second-order valence-corrected chi connectivity index (χ2v) is 4.39. The summed E-state index contributed by atoms with van der Waals surface area (Å²) in [7, 11) is 1.51. The van der Waals surface area contributed by atoms with Crippen molar-refractivity contribution in [2.24, 2.45) is 0 Å². The van der Waals surface area contributed by atoms with E-state index in [1.54, 1.807) is 0 Å². The van der Waals surface area contributed by atoms with Crippen LogP contribution in [0.4, 0.5) is 5.82 Å². The lowest BCUT2D eigenvalue weighted by Crippen LogP contribution is -2.32. The molecule has 0 aliphatic heterocycles. The van der Waals surface area contributed by atoms with E-state index >= 15 is 0 Å². The fourth-order valence-electron chi connectivity index (χ4n) is 1.28. The van der Waals surface area contributed by atoms with Crippen LogP contribution in [-0.4, -0.2) is 34.3 Å². The van der Waals surface area contributed by atoms with Crippen molar-refractivity contribution in [1.29, 1.82) is 0 Å². The Morgan fingerprint density at radius 1 is 1.50 bits per heavy atom. The van der Waals surface area contributed by atoms with Crippen molar-refractivity contribution in [2.45, 2.75) is 25.8 Å². The normalized spacial score (nSPS) is 11.3. The van der Waals surface area contributed by atoms with E-state index in [1.165, 1.54) is 13.4 Å². The van der Waals surface area contributed by atoms with Gasteiger partial charge >= 0.3 is 0 Å². The number of anilines is 1. The smallest absolute Gasteiger partial charge is 0.198 e. The summed E-state index contributed by atoms with van der Waals surface area (Å²) < 4.78 is 5.12. The molecule has 0 aromatic carbocycles. The highest BCUT2D eigenvalue weighted by Gasteiger charge is 2.20. The second-order valence-electron chi connectivity index (χ2n) is 4.03. The van der Waals surface area contributed by atoms with Gasteiger partial charge in [-0.1, -0.05) is 11.6 Å². The Bertz CT molecular complexity index is 358. The number of aliphatic hydroxyl groups excluding tert-OH is 1. The van der Waals surface area contributed by atoms with Gasteiger partial charge in [0, 0.05) is 12.1 Å². The summed E-state index contributed by atoms with van der Waals surface area (Å²) in [4.78, 5) is 7.89. The monoisotopic (exact) mass is 245 g/mol. The van der Waals surface area contributed by atoms with Gasteiger partial charge in [0.1, 0.15) is 6.33 Å². The molecule has 6 heteroatoms. The van der Waals surface area contributed by atoms with Crippen LogP contribution in [0.3, 0.4) is 0 Å². The number of rotatable bonds is 5. The second kappa shape index (κ2) is 5.32. The summed E-state index contributed by atoms with van der Waals surface area (Å²) in [5, 5.41) is 12.4. The molecule has 0 spiro atoms. The number of nitrogens with one attached hydrogen (secondary N) is 1. The summed E-state index contributed by atoms with van der Waals surface area (Å²) in [6.07, 6.45) is 1.96. The molecule has 0 bridgehead atoms. The Labute approximate surface area is 99.8 Å². The molecule has 1 aromatic rings. The van der Waals surface area contributed by atoms with E-state index in [0.717, 1.165) is 0 Å². The number of hydrogen-bond acceptors (Lipinski definition) is 5. The Morgan fingerprint density at radius 3 is 2.75 bits per heavy atom. The summed E-state index contributed by atoms with van der Waals surface area (Å²) in [6.45, 7) is 4.01. The fourth-order valence-corrected chi connectivity index (χ4v) is 1.50. The fraction of sp³-hybridized carbons (Fsp3) is 0.600. The minimum atomic E-state index is -0.292. The highest BCUT2D eigenvalue weighted by molar-refractivity contribution is 6.31. The third kappa shape index (κ3) is 3.21. The van der Waals surface area contributed by atoms with Crippen LogP contribution >= 0.6 is 11.6 Å². The molecule has 0 aliphatic rings. The van der Waals surface area contributed by atoms with Gasteiger partial charge in [0.25, 0.3) is 0 Å². The van der Waals surface area contributed by atoms with Gasteiger partial charge in [-0.3, -0.25) is 0 Å². The van der Waals surface area contributed by atoms with E-state index in [9.17, 15) is 0 Å². The molecule has 5 nitrogen and oxygen atoms in total. The highest BCUT2D eigenvalue weighted by Crippen LogP contribution is 2.30. The first kappa shape index (κ1) is 13.0. The predicted octanol–water partition coefficient (Wildman–Crippen LogP) is 1.71. The van der Waals surface area contributed by atoms with Crippen LogP contribution in [0, 0.1) is 0 Å². The number of ether oxygens (including phenoxy) is 1. The van der Waals surface area contributed by atoms with Crippen LogP contribution in [0.2, 0.25) is 5.15 Å². The molecule has 1 heterocycles. The topological polar surface area (TPSA) is 67.3 Å². The number of hydrogen-bond donors (Lipinski definition) is 2. The van der Waals surface area contributed by atoms with Gasteiger partial charge < -0.3 is 15.2 Å². The van der Waals surface area contributed by atoms with Gasteiger partial charge in [0.05, 0.1) is 7.11 Å². The lowest BCUT2D eigenvalue weighted by Gasteiger charge is -2.26. The van der Waals surface area contributed by atoms with E-state index in [2.05, 4.69) is 15.3 Å². The zero-order valence-electron chi connectivity index (χ0n) is 9.62. The van der Waals surface area contributed by atoms with Gasteiger partial charge in [-0.05, 0) is 20.3 Å². The van der Waals surface area contributed by atoms with E-state index in [1.807, 2.05) is 13.8 Å². The summed E-state index contributed by atoms with van der Waals surface area (Å²) in [5.41, 5.74) is -0.292. The molecule has 0 unspecified atom stereocenters. The van der Waals surface area contributed by atoms with Crippen LogP contribution in [0.25, 0.3) is 0 Å². The Kier molecular flexibility index (Phi) is 4.32. The van der Waals surface area contributed by atoms with Gasteiger partial charge in [-0.25, -0.2) is 9.97 Å². The molecule has 0 fully saturated rings. The minimum Gasteiger partial charge on any atom is -0.490 e. The van der Waals surface area contributed by atoms with E-state index in [-0.39, 0.29) is 17.3 Å². The standard InChI is InChI=1S/C10H16ClN3O2/c1-10(2,4-5-15)14-9-7(16-3)8(11)12-6-13-9/h6,15H,4-5H2,1-3H3,(H,12,13,14). The Hall–Kier alpha value is -1.07. The van der Waals surface area contributed by atoms with Crippen molar-refractivity contribution in [2.75, 3.05) is 19.0 Å². The van der Waals surface area contributed by atoms with Crippen molar-refractivity contribution in [3.63, 3.8) is 0 Å². The minimum absolute atomic E-state index is 0.0983. The Morgan fingerprint density at radius 2 is 2.19 bits per heavy atom. The van der Waals surface area contributed by atoms with Crippen LogP contribution in [-0.2, 0) is 0 Å². The maximum Gasteiger partial charge on any atom is 0.198 e. The van der Waals surface area contributed by atoms with Gasteiger partial charge in [-0.2, -0.15) is 0 Å². The van der Waals surface area contributed by atoms with Gasteiger partial charge in [0.15, 0.2) is 16.7 Å². The van der Waals surface area contributed by atoms with Crippen molar-refractivity contribution < 1.29 is 9.84 Å². The molecule has 0 radical (unpaired) electrons. The average Bonchev–Trinajstić information content (AvgIpc) is 2.17. The maximum absolute atomic E-state index is 8.93. The zero-order valence-corrected chi connectivity index (χ0v) is 10.4. The van der Waals surface area contributed by atoms with Gasteiger partial charge in [-0.15, -0.1) is 0 Å². The molecule has 1 aromatic heterocycles. The van der Waals surface area contributed by atoms with Crippen molar-refractivity contribution in [3.8, 4) is 5.75 Å². The maximum atomic E-state index is 8.93. The van der Waals surface area contributed by atoms with Gasteiger partial charge in [0.2, 0.25) is 0 Å². The Balaban J connectivity index is 2.92. The third-order valence-corrected chi connectivity index (χ3v) is 2.43. The zero-order chi connectivity index (χ0) is 12.2. The first-order valence-corrected chi connectivity index (χ1v) is 5.31. The largest absolute Gasteiger partial charge is 0.490 e.